The SMILES string of the molecule is Cc1cc(C)cc(C(CN)N(C)CCN2CCCC2)c1. The van der Waals surface area contributed by atoms with Crippen LogP contribution in [0.1, 0.15) is 35.6 Å². The number of hydrogen-bond acceptors (Lipinski definition) is 3. The molecule has 3 nitrogen and oxygen atoms in total. The van der Waals surface area contributed by atoms with Crippen molar-refractivity contribution in [1.82, 2.24) is 9.80 Å². The Bertz CT molecular complexity index is 404. The van der Waals surface area contributed by atoms with Gasteiger partial charge in [0.1, 0.15) is 0 Å². The topological polar surface area (TPSA) is 32.5 Å². The van der Waals surface area contributed by atoms with E-state index in [4.69, 9.17) is 5.73 Å². The van der Waals surface area contributed by atoms with E-state index in [1.807, 2.05) is 0 Å². The summed E-state index contributed by atoms with van der Waals surface area (Å²) in [5.41, 5.74) is 10.0. The molecule has 1 saturated heterocycles. The first-order chi connectivity index (χ1) is 9.60. The highest BCUT2D eigenvalue weighted by atomic mass is 15.2. The Morgan fingerprint density at radius 3 is 2.30 bits per heavy atom. The average molecular weight is 275 g/mol. The molecule has 0 radical (unpaired) electrons. The van der Waals surface area contributed by atoms with E-state index in [-0.39, 0.29) is 0 Å². The van der Waals surface area contributed by atoms with Crippen molar-refractivity contribution in [2.45, 2.75) is 32.7 Å². The van der Waals surface area contributed by atoms with Gasteiger partial charge in [-0.2, -0.15) is 0 Å². The first-order valence-corrected chi connectivity index (χ1v) is 7.81. The van der Waals surface area contributed by atoms with Crippen LogP contribution in [-0.2, 0) is 0 Å². The zero-order valence-corrected chi connectivity index (χ0v) is 13.2. The van der Waals surface area contributed by atoms with Crippen molar-refractivity contribution in [3.05, 3.63) is 34.9 Å². The van der Waals surface area contributed by atoms with Crippen molar-refractivity contribution in [2.75, 3.05) is 39.8 Å². The van der Waals surface area contributed by atoms with Gasteiger partial charge in [-0.1, -0.05) is 29.3 Å². The summed E-state index contributed by atoms with van der Waals surface area (Å²) in [5.74, 6) is 0. The quantitative estimate of drug-likeness (QED) is 0.865. The highest BCUT2D eigenvalue weighted by molar-refractivity contribution is 5.30. The third-order valence-electron chi connectivity index (χ3n) is 4.35. The molecule has 1 aliphatic rings. The summed E-state index contributed by atoms with van der Waals surface area (Å²) < 4.78 is 0. The molecule has 1 heterocycles. The van der Waals surface area contributed by atoms with Crippen LogP contribution in [0.25, 0.3) is 0 Å². The van der Waals surface area contributed by atoms with Gasteiger partial charge in [0.2, 0.25) is 0 Å². The van der Waals surface area contributed by atoms with E-state index >= 15 is 0 Å². The first-order valence-electron chi connectivity index (χ1n) is 7.81. The Hall–Kier alpha value is -0.900. The van der Waals surface area contributed by atoms with Gasteiger partial charge in [-0.3, -0.25) is 4.90 Å². The van der Waals surface area contributed by atoms with Gasteiger partial charge in [0, 0.05) is 25.7 Å². The second kappa shape index (κ2) is 7.21. The van der Waals surface area contributed by atoms with Crippen LogP contribution in [0.5, 0.6) is 0 Å². The van der Waals surface area contributed by atoms with Crippen LogP contribution in [0.3, 0.4) is 0 Å². The van der Waals surface area contributed by atoms with Crippen molar-refractivity contribution < 1.29 is 0 Å². The van der Waals surface area contributed by atoms with Gasteiger partial charge < -0.3 is 10.6 Å². The number of rotatable bonds is 6. The Labute approximate surface area is 123 Å². The fourth-order valence-corrected chi connectivity index (χ4v) is 3.23. The summed E-state index contributed by atoms with van der Waals surface area (Å²) in [7, 11) is 2.20. The summed E-state index contributed by atoms with van der Waals surface area (Å²) in [6, 6.07) is 7.10. The minimum absolute atomic E-state index is 0.330. The average Bonchev–Trinajstić information content (AvgIpc) is 2.89. The van der Waals surface area contributed by atoms with E-state index in [2.05, 4.69) is 48.9 Å². The molecule has 1 unspecified atom stereocenters. The van der Waals surface area contributed by atoms with Crippen LogP contribution >= 0.6 is 0 Å². The molecule has 0 bridgehead atoms. The van der Waals surface area contributed by atoms with E-state index in [9.17, 15) is 0 Å². The van der Waals surface area contributed by atoms with Crippen LogP contribution in [0.4, 0.5) is 0 Å². The second-order valence-electron chi connectivity index (χ2n) is 6.20. The molecule has 3 heteroatoms. The van der Waals surface area contributed by atoms with Gasteiger partial charge >= 0.3 is 0 Å². The monoisotopic (exact) mass is 275 g/mol. The zero-order valence-electron chi connectivity index (χ0n) is 13.2. The Morgan fingerprint density at radius 2 is 1.75 bits per heavy atom. The minimum Gasteiger partial charge on any atom is -0.329 e. The third-order valence-corrected chi connectivity index (χ3v) is 4.35. The lowest BCUT2D eigenvalue weighted by Crippen LogP contribution is -2.36. The molecule has 2 rings (SSSR count). The smallest absolute Gasteiger partial charge is 0.0468 e. The molecule has 0 aromatic heterocycles. The maximum Gasteiger partial charge on any atom is 0.0468 e. The highest BCUT2D eigenvalue weighted by Crippen LogP contribution is 2.21. The lowest BCUT2D eigenvalue weighted by atomic mass is 10.0. The van der Waals surface area contributed by atoms with E-state index in [1.165, 1.54) is 42.6 Å². The van der Waals surface area contributed by atoms with Crippen molar-refractivity contribution in [1.29, 1.82) is 0 Å². The number of nitrogens with zero attached hydrogens (tertiary/aromatic N) is 2. The molecule has 1 aliphatic heterocycles. The van der Waals surface area contributed by atoms with Gasteiger partial charge in [-0.15, -0.1) is 0 Å². The maximum atomic E-state index is 6.03. The second-order valence-corrected chi connectivity index (χ2v) is 6.20. The number of nitrogens with two attached hydrogens (primary N) is 1. The van der Waals surface area contributed by atoms with Gasteiger partial charge in [0.05, 0.1) is 0 Å². The maximum absolute atomic E-state index is 6.03. The fourth-order valence-electron chi connectivity index (χ4n) is 3.23. The molecule has 0 aliphatic carbocycles. The lowest BCUT2D eigenvalue weighted by molar-refractivity contribution is 0.209. The molecule has 1 atom stereocenters. The summed E-state index contributed by atoms with van der Waals surface area (Å²) >= 11 is 0. The largest absolute Gasteiger partial charge is 0.329 e. The summed E-state index contributed by atoms with van der Waals surface area (Å²) in [4.78, 5) is 4.97. The van der Waals surface area contributed by atoms with Crippen LogP contribution in [0.15, 0.2) is 18.2 Å². The molecular weight excluding hydrogens is 246 g/mol. The molecule has 2 N–H and O–H groups in total. The van der Waals surface area contributed by atoms with E-state index in [1.54, 1.807) is 0 Å². The predicted molar refractivity (Wildman–Crippen MR) is 86.0 cm³/mol. The van der Waals surface area contributed by atoms with Crippen LogP contribution in [-0.4, -0.2) is 49.6 Å². The van der Waals surface area contributed by atoms with Gasteiger partial charge in [0.25, 0.3) is 0 Å². The van der Waals surface area contributed by atoms with Crippen LogP contribution in [0.2, 0.25) is 0 Å². The molecule has 1 aromatic carbocycles. The van der Waals surface area contributed by atoms with Gasteiger partial charge in [-0.05, 0) is 52.4 Å². The molecular formula is C17H29N3. The standard InChI is InChI=1S/C17H29N3/c1-14-10-15(2)12-16(11-14)17(13-18)19(3)8-9-20-6-4-5-7-20/h10-12,17H,4-9,13,18H2,1-3H3. The Morgan fingerprint density at radius 1 is 1.15 bits per heavy atom. The molecule has 1 aromatic rings. The fraction of sp³-hybridized carbons (Fsp3) is 0.647. The summed E-state index contributed by atoms with van der Waals surface area (Å²) in [6.07, 6.45) is 2.72. The number of likely N-dealkylation sites (tertiary alicyclic amines) is 1. The van der Waals surface area contributed by atoms with E-state index in [0.717, 1.165) is 13.1 Å². The van der Waals surface area contributed by atoms with E-state index in [0.29, 0.717) is 12.6 Å². The molecule has 1 fully saturated rings. The Balaban J connectivity index is 1.98. The normalized spacial score (nSPS) is 17.9. The van der Waals surface area contributed by atoms with Gasteiger partial charge in [-0.25, -0.2) is 0 Å². The summed E-state index contributed by atoms with van der Waals surface area (Å²) in [6.45, 7) is 9.80. The molecule has 0 saturated carbocycles. The van der Waals surface area contributed by atoms with E-state index < -0.39 is 0 Å². The predicted octanol–water partition coefficient (Wildman–Crippen LogP) is 2.33. The van der Waals surface area contributed by atoms with Crippen molar-refractivity contribution in [3.8, 4) is 0 Å². The molecule has 0 spiro atoms. The minimum atomic E-state index is 0.330. The van der Waals surface area contributed by atoms with Crippen molar-refractivity contribution in [3.63, 3.8) is 0 Å². The number of hydrogen-bond donors (Lipinski definition) is 1. The number of aryl methyl sites for hydroxylation is 2. The first kappa shape index (κ1) is 15.5. The van der Waals surface area contributed by atoms with Crippen LogP contribution < -0.4 is 5.73 Å². The highest BCUT2D eigenvalue weighted by Gasteiger charge is 2.18. The van der Waals surface area contributed by atoms with Crippen molar-refractivity contribution in [2.24, 2.45) is 5.73 Å². The lowest BCUT2D eigenvalue weighted by Gasteiger charge is -2.29. The number of benzene rings is 1. The van der Waals surface area contributed by atoms with Crippen LogP contribution in [0, 0.1) is 13.8 Å². The molecule has 20 heavy (non-hydrogen) atoms. The number of likely N-dealkylation sites (N-methyl/N-ethyl adjacent to an activating group) is 1. The Kier molecular flexibility index (Phi) is 5.58. The molecule has 112 valence electrons. The molecule has 0 amide bonds. The summed E-state index contributed by atoms with van der Waals surface area (Å²) in [5, 5.41) is 0. The van der Waals surface area contributed by atoms with Gasteiger partial charge in [0.15, 0.2) is 0 Å². The zero-order chi connectivity index (χ0) is 14.5. The third kappa shape index (κ3) is 4.05. The van der Waals surface area contributed by atoms with Crippen molar-refractivity contribution >= 4 is 0 Å².